The Bertz CT molecular complexity index is 464. The third-order valence-electron chi connectivity index (χ3n) is 1.94. The van der Waals surface area contributed by atoms with Gasteiger partial charge in [-0.2, -0.15) is 0 Å². The summed E-state index contributed by atoms with van der Waals surface area (Å²) < 4.78 is 19.2. The summed E-state index contributed by atoms with van der Waals surface area (Å²) in [5.74, 6) is 0.421. The van der Waals surface area contributed by atoms with Gasteiger partial charge in [-0.3, -0.25) is 0 Å². The average molecular weight is 306 g/mol. The van der Waals surface area contributed by atoms with Crippen molar-refractivity contribution >= 4 is 33.6 Å². The van der Waals surface area contributed by atoms with E-state index in [1.807, 2.05) is 22.6 Å². The molecule has 0 atom stereocenters. The van der Waals surface area contributed by atoms with Gasteiger partial charge in [0.25, 0.3) is 0 Å². The molecule has 14 heavy (non-hydrogen) atoms. The number of fused-ring (bicyclic) bond motifs is 1. The molecule has 2 aromatic rings. The third kappa shape index (κ3) is 1.76. The van der Waals surface area contributed by atoms with Crippen molar-refractivity contribution in [3.63, 3.8) is 0 Å². The number of hydrogen-bond acceptors (Lipinski definition) is 2. The van der Waals surface area contributed by atoms with Gasteiger partial charge in [0.2, 0.25) is 0 Å². The van der Waals surface area contributed by atoms with Crippen molar-refractivity contribution in [3.8, 4) is 0 Å². The lowest BCUT2D eigenvalue weighted by molar-refractivity contribution is 0.289. The highest BCUT2D eigenvalue weighted by molar-refractivity contribution is 14.1. The fourth-order valence-corrected chi connectivity index (χ4v) is 2.08. The fourth-order valence-electron chi connectivity index (χ4n) is 1.36. The molecule has 1 heterocycles. The first-order chi connectivity index (χ1) is 6.70. The second-order valence-electron chi connectivity index (χ2n) is 2.99. The molecule has 0 fully saturated rings. The Morgan fingerprint density at radius 2 is 2.14 bits per heavy atom. The Labute approximate surface area is 93.9 Å². The van der Waals surface area contributed by atoms with Crippen molar-refractivity contribution in [3.05, 3.63) is 33.3 Å². The smallest absolute Gasteiger partial charge is 0.147 e. The van der Waals surface area contributed by atoms with Crippen LogP contribution in [0.4, 0.5) is 4.39 Å². The maximum absolute atomic E-state index is 13.0. The molecule has 74 valence electrons. The average Bonchev–Trinajstić information content (AvgIpc) is 2.48. The summed E-state index contributed by atoms with van der Waals surface area (Å²) in [6.07, 6.45) is 0.465. The Morgan fingerprint density at radius 3 is 2.86 bits per heavy atom. The van der Waals surface area contributed by atoms with Gasteiger partial charge in [0.15, 0.2) is 0 Å². The van der Waals surface area contributed by atoms with Crippen LogP contribution in [0.2, 0.25) is 0 Å². The monoisotopic (exact) mass is 306 g/mol. The van der Waals surface area contributed by atoms with Gasteiger partial charge < -0.3 is 9.52 Å². The van der Waals surface area contributed by atoms with E-state index < -0.39 is 0 Å². The minimum Gasteiger partial charge on any atom is -0.460 e. The van der Waals surface area contributed by atoms with Crippen LogP contribution in [0.3, 0.4) is 0 Å². The van der Waals surface area contributed by atoms with Gasteiger partial charge in [0.1, 0.15) is 17.2 Å². The number of aliphatic hydroxyl groups is 1. The predicted octanol–water partition coefficient (Wildman–Crippen LogP) is 2.71. The molecule has 0 aliphatic rings. The molecule has 0 amide bonds. The first kappa shape index (κ1) is 9.92. The van der Waals surface area contributed by atoms with Gasteiger partial charge in [-0.05, 0) is 40.8 Å². The van der Waals surface area contributed by atoms with Crippen molar-refractivity contribution < 1.29 is 13.9 Å². The van der Waals surface area contributed by atoms with Gasteiger partial charge >= 0.3 is 0 Å². The topological polar surface area (TPSA) is 33.4 Å². The highest BCUT2D eigenvalue weighted by atomic mass is 127. The Balaban J connectivity index is 2.58. The highest BCUT2D eigenvalue weighted by Crippen LogP contribution is 2.25. The van der Waals surface area contributed by atoms with Crippen LogP contribution >= 0.6 is 22.6 Å². The SMILES string of the molecule is OCCc1cc2cc(F)cc(I)c2o1. The molecule has 1 N–H and O–H groups in total. The van der Waals surface area contributed by atoms with Gasteiger partial charge in [-0.1, -0.05) is 0 Å². The first-order valence-electron chi connectivity index (χ1n) is 4.19. The van der Waals surface area contributed by atoms with Crippen LogP contribution in [0.5, 0.6) is 0 Å². The molecule has 4 heteroatoms. The number of halogens is 2. The van der Waals surface area contributed by atoms with E-state index in [0.717, 1.165) is 8.96 Å². The summed E-state index contributed by atoms with van der Waals surface area (Å²) in [4.78, 5) is 0. The molecule has 0 aliphatic carbocycles. The maximum Gasteiger partial charge on any atom is 0.147 e. The van der Waals surface area contributed by atoms with E-state index >= 15 is 0 Å². The molecule has 0 unspecified atom stereocenters. The summed E-state index contributed by atoms with van der Waals surface area (Å²) in [7, 11) is 0. The molecule has 0 bridgehead atoms. The third-order valence-corrected chi connectivity index (χ3v) is 2.75. The Hall–Kier alpha value is -0.620. The molecule has 2 rings (SSSR count). The summed E-state index contributed by atoms with van der Waals surface area (Å²) in [5.41, 5.74) is 0.690. The van der Waals surface area contributed by atoms with E-state index in [-0.39, 0.29) is 12.4 Å². The number of hydrogen-bond donors (Lipinski definition) is 1. The van der Waals surface area contributed by atoms with Crippen molar-refractivity contribution in [2.75, 3.05) is 6.61 Å². The van der Waals surface area contributed by atoms with Crippen molar-refractivity contribution in [2.24, 2.45) is 0 Å². The van der Waals surface area contributed by atoms with Gasteiger partial charge in [-0.25, -0.2) is 4.39 Å². The van der Waals surface area contributed by atoms with Crippen LogP contribution in [0, 0.1) is 9.39 Å². The Morgan fingerprint density at radius 1 is 1.36 bits per heavy atom. The van der Waals surface area contributed by atoms with Crippen molar-refractivity contribution in [1.29, 1.82) is 0 Å². The quantitative estimate of drug-likeness (QED) is 0.866. The van der Waals surface area contributed by atoms with E-state index in [4.69, 9.17) is 9.52 Å². The molecular formula is C10H8FIO2. The normalized spacial score (nSPS) is 11.1. The second-order valence-corrected chi connectivity index (χ2v) is 4.15. The lowest BCUT2D eigenvalue weighted by Crippen LogP contribution is -1.85. The molecule has 0 spiro atoms. The van der Waals surface area contributed by atoms with E-state index in [0.29, 0.717) is 17.8 Å². The molecule has 0 aliphatic heterocycles. The van der Waals surface area contributed by atoms with Crippen LogP contribution in [0.25, 0.3) is 11.0 Å². The van der Waals surface area contributed by atoms with Gasteiger partial charge in [0.05, 0.1) is 10.2 Å². The summed E-state index contributed by atoms with van der Waals surface area (Å²) in [5, 5.41) is 9.48. The fraction of sp³-hybridized carbons (Fsp3) is 0.200. The van der Waals surface area contributed by atoms with Crippen molar-refractivity contribution in [2.45, 2.75) is 6.42 Å². The van der Waals surface area contributed by atoms with Crippen LogP contribution in [0.1, 0.15) is 5.76 Å². The number of aliphatic hydroxyl groups excluding tert-OH is 1. The highest BCUT2D eigenvalue weighted by Gasteiger charge is 2.08. The molecular weight excluding hydrogens is 298 g/mol. The summed E-state index contributed by atoms with van der Waals surface area (Å²) >= 11 is 2.03. The molecule has 0 saturated carbocycles. The van der Waals surface area contributed by atoms with E-state index in [1.165, 1.54) is 12.1 Å². The molecule has 2 nitrogen and oxygen atoms in total. The van der Waals surface area contributed by atoms with Crippen LogP contribution in [-0.4, -0.2) is 11.7 Å². The van der Waals surface area contributed by atoms with Crippen LogP contribution in [0.15, 0.2) is 22.6 Å². The standard InChI is InChI=1S/C10H8FIO2/c11-7-3-6-4-8(1-2-13)14-10(6)9(12)5-7/h3-5,13H,1-2H2. The zero-order chi connectivity index (χ0) is 10.1. The lowest BCUT2D eigenvalue weighted by Gasteiger charge is -1.93. The zero-order valence-corrected chi connectivity index (χ0v) is 9.42. The number of furan rings is 1. The first-order valence-corrected chi connectivity index (χ1v) is 5.27. The van der Waals surface area contributed by atoms with Crippen molar-refractivity contribution in [1.82, 2.24) is 0 Å². The largest absolute Gasteiger partial charge is 0.460 e. The minimum atomic E-state index is -0.266. The van der Waals surface area contributed by atoms with E-state index in [1.54, 1.807) is 6.07 Å². The molecule has 1 aromatic carbocycles. The second kappa shape index (κ2) is 3.86. The van der Waals surface area contributed by atoms with Crippen LogP contribution < -0.4 is 0 Å². The van der Waals surface area contributed by atoms with Gasteiger partial charge in [0, 0.05) is 11.8 Å². The lowest BCUT2D eigenvalue weighted by atomic mass is 10.2. The predicted molar refractivity (Wildman–Crippen MR) is 59.7 cm³/mol. The van der Waals surface area contributed by atoms with Crippen LogP contribution in [-0.2, 0) is 6.42 Å². The molecule has 0 radical (unpaired) electrons. The zero-order valence-electron chi connectivity index (χ0n) is 7.26. The maximum atomic E-state index is 13.0. The number of benzene rings is 1. The summed E-state index contributed by atoms with van der Waals surface area (Å²) in [6.45, 7) is 0.0406. The Kier molecular flexibility index (Phi) is 2.73. The summed E-state index contributed by atoms with van der Waals surface area (Å²) in [6, 6.07) is 4.62. The van der Waals surface area contributed by atoms with Gasteiger partial charge in [-0.15, -0.1) is 0 Å². The molecule has 1 aromatic heterocycles. The minimum absolute atomic E-state index is 0.0406. The number of rotatable bonds is 2. The van der Waals surface area contributed by atoms with E-state index in [2.05, 4.69) is 0 Å². The van der Waals surface area contributed by atoms with E-state index in [9.17, 15) is 4.39 Å². The molecule has 0 saturated heterocycles.